The maximum atomic E-state index is 14.6. The second kappa shape index (κ2) is 34.1. The first-order valence-electron chi connectivity index (χ1n) is 29.2. The Morgan fingerprint density at radius 2 is 1.26 bits per heavy atom. The van der Waals surface area contributed by atoms with Crippen LogP contribution < -0.4 is 5.32 Å². The van der Waals surface area contributed by atoms with Crippen molar-refractivity contribution in [2.45, 2.75) is 201 Å². The molecule has 25 heteroatoms. The van der Waals surface area contributed by atoms with Gasteiger partial charge >= 0.3 is 5.97 Å². The molecule has 5 aliphatic rings. The van der Waals surface area contributed by atoms with Crippen LogP contribution in [0.1, 0.15) is 79.1 Å². The Kier molecular flexibility index (Phi) is 28.9. The summed E-state index contributed by atoms with van der Waals surface area (Å²) in [5.74, 6) is -8.28. The number of carbonyl (C=O) groups excluding carboxylic acids is 2. The van der Waals surface area contributed by atoms with Crippen LogP contribution in [0, 0.1) is 17.8 Å². The van der Waals surface area contributed by atoms with Gasteiger partial charge in [-0.05, 0) is 33.1 Å². The van der Waals surface area contributed by atoms with Gasteiger partial charge in [-0.25, -0.2) is 0 Å². The third kappa shape index (κ3) is 21.3. The molecule has 1 amide bonds. The highest BCUT2D eigenvalue weighted by Crippen LogP contribution is 2.39. The number of hydrogen-bond acceptors (Lipinski definition) is 24. The molecule has 0 aromatic carbocycles. The van der Waals surface area contributed by atoms with Gasteiger partial charge in [0.15, 0.2) is 12.1 Å². The van der Waals surface area contributed by atoms with E-state index >= 15 is 0 Å². The number of esters is 1. The number of allylic oxidation sites excluding steroid dienone is 12. The smallest absolute Gasteiger partial charge is 0.308 e. The zero-order valence-electron chi connectivity index (χ0n) is 48.5. The maximum Gasteiger partial charge on any atom is 0.308 e. The second-order valence-corrected chi connectivity index (χ2v) is 23.1. The van der Waals surface area contributed by atoms with Crippen molar-refractivity contribution in [2.75, 3.05) is 52.5 Å². The summed E-state index contributed by atoms with van der Waals surface area (Å²) < 4.78 is 29.6. The molecule has 5 aliphatic heterocycles. The second-order valence-electron chi connectivity index (χ2n) is 23.1. The van der Waals surface area contributed by atoms with Crippen molar-refractivity contribution in [3.8, 4) is 0 Å². The van der Waals surface area contributed by atoms with E-state index in [1.807, 2.05) is 17.9 Å². The van der Waals surface area contributed by atoms with E-state index in [1.165, 1.54) is 17.9 Å². The summed E-state index contributed by atoms with van der Waals surface area (Å²) in [4.78, 5) is 30.9. The Morgan fingerprint density at radius 1 is 0.655 bits per heavy atom. The molecule has 0 radical (unpaired) electrons. The van der Waals surface area contributed by atoms with Crippen LogP contribution in [0.25, 0.3) is 0 Å². The fraction of sp³-hybridized carbons (Fsp3) is 0.729. The highest BCUT2D eigenvalue weighted by atomic mass is 16.7. The van der Waals surface area contributed by atoms with Gasteiger partial charge in [0.2, 0.25) is 11.7 Å². The molecule has 2 bridgehead atoms. The minimum absolute atomic E-state index is 0.0956. The number of piperazine rings is 1. The van der Waals surface area contributed by atoms with Crippen molar-refractivity contribution in [3.05, 3.63) is 85.1 Å². The van der Waals surface area contributed by atoms with E-state index < -0.39 is 184 Å². The van der Waals surface area contributed by atoms with E-state index in [0.29, 0.717) is 19.6 Å². The summed E-state index contributed by atoms with van der Waals surface area (Å²) in [6.07, 6.45) is -3.19. The molecule has 0 aromatic rings. The number of carbonyl (C=O) groups is 2. The van der Waals surface area contributed by atoms with E-state index in [0.717, 1.165) is 0 Å². The lowest BCUT2D eigenvalue weighted by atomic mass is 9.81. The molecule has 23 atom stereocenters. The van der Waals surface area contributed by atoms with Crippen LogP contribution in [0.5, 0.6) is 0 Å². The van der Waals surface area contributed by atoms with Crippen LogP contribution in [0.4, 0.5) is 0 Å². The third-order valence-corrected chi connectivity index (χ3v) is 16.3. The van der Waals surface area contributed by atoms with Gasteiger partial charge in [-0.15, -0.1) is 0 Å². The number of ether oxygens (including phenoxy) is 5. The number of cyclic esters (lactones) is 1. The van der Waals surface area contributed by atoms with Crippen molar-refractivity contribution < 1.29 is 110 Å². The molecule has 4 fully saturated rings. The average Bonchev–Trinajstić information content (AvgIpc) is 1.83. The van der Waals surface area contributed by atoms with Crippen LogP contribution in [0.3, 0.4) is 0 Å². The van der Waals surface area contributed by atoms with Crippen molar-refractivity contribution in [2.24, 2.45) is 17.8 Å². The molecule has 0 aromatic heterocycles. The van der Waals surface area contributed by atoms with Crippen molar-refractivity contribution in [1.82, 2.24) is 15.1 Å². The molecular weight excluding hydrogens is 1100 g/mol. The quantitative estimate of drug-likeness (QED) is 0.109. The van der Waals surface area contributed by atoms with Crippen LogP contribution in [-0.2, 0) is 33.3 Å². The van der Waals surface area contributed by atoms with Crippen LogP contribution >= 0.6 is 0 Å². The largest absolute Gasteiger partial charge is 0.462 e. The van der Waals surface area contributed by atoms with Gasteiger partial charge in [0.25, 0.3) is 0 Å². The zero-order chi connectivity index (χ0) is 61.9. The molecule has 5 heterocycles. The first kappa shape index (κ1) is 71.0. The first-order chi connectivity index (χ1) is 39.8. The number of rotatable bonds is 8. The van der Waals surface area contributed by atoms with E-state index in [2.05, 4.69) is 5.32 Å². The van der Waals surface area contributed by atoms with E-state index in [1.54, 1.807) is 86.8 Å². The maximum absolute atomic E-state index is 14.6. The number of aliphatic hydroxyl groups excluding tert-OH is 13. The molecule has 84 heavy (non-hydrogen) atoms. The minimum atomic E-state index is -2.47. The molecule has 0 spiro atoms. The number of hydrogen-bond donors (Lipinski definition) is 16. The van der Waals surface area contributed by atoms with Crippen molar-refractivity contribution in [3.63, 3.8) is 0 Å². The topological polar surface area (TPSA) is 402 Å². The normalized spacial score (nSPS) is 44.8. The van der Waals surface area contributed by atoms with Crippen LogP contribution in [0.2, 0.25) is 0 Å². The van der Waals surface area contributed by atoms with E-state index in [4.69, 9.17) is 23.7 Å². The summed E-state index contributed by atoms with van der Waals surface area (Å²) in [6, 6.07) is -1.35. The van der Waals surface area contributed by atoms with Gasteiger partial charge in [0.05, 0.1) is 105 Å². The molecule has 0 saturated carbocycles. The molecule has 2 unspecified atom stereocenters. The average molecular weight is 1200 g/mol. The fourth-order valence-electron chi connectivity index (χ4n) is 11.0. The summed E-state index contributed by atoms with van der Waals surface area (Å²) in [5.41, 5.74) is 0. The predicted octanol–water partition coefficient (Wildman–Crippen LogP) is -2.80. The number of amides is 1. The highest BCUT2D eigenvalue weighted by molar-refractivity contribution is 5.80. The molecule has 478 valence electrons. The summed E-state index contributed by atoms with van der Waals surface area (Å²) in [5, 5.41) is 167. The monoisotopic (exact) mass is 1200 g/mol. The van der Waals surface area contributed by atoms with Gasteiger partial charge in [0, 0.05) is 70.2 Å². The lowest BCUT2D eigenvalue weighted by molar-refractivity contribution is -0.323. The Balaban J connectivity index is 1.44. The molecule has 25 nitrogen and oxygen atoms in total. The minimum Gasteiger partial charge on any atom is -0.462 e. The highest BCUT2D eigenvalue weighted by Gasteiger charge is 2.53. The van der Waals surface area contributed by atoms with Crippen molar-refractivity contribution >= 4 is 11.9 Å². The molecule has 4 saturated heterocycles. The standard InChI is InChI=1S/C59H95N3O22/c1-35-17-15-13-11-9-7-5-6-8-10-12-14-16-18-42(83-57-54(75)50(52(73)38(4)82-57)60-34-59(79)55(76)53(74)46(70)33-80-59)30-47-49(56(77)62-23-21-61(22-24-62)25-26-63)45(69)32-58(78,84-47)31-41(66)28-44(68)43(67)20-19-39(64)27-40(65)29-48(71)81-37(3)36(2)51(35)72/h5-18,35-47,49-55,57,60,63-70,72-76,78-79H,19-34H2,1-4H3/b6-5-,9-7-,10-8-,13-11-,14-12-,17-15-,18-16-/t35-,36-,37-,38+,39+,40+,41-,42-,43+,44+,45-,46+,47?,49?,50-,51+,52+,53-,54-,55-,57-,58+,59+/m0/s1. The molecular formula is C59H95N3O22. The number of aliphatic hydroxyl groups is 15. The van der Waals surface area contributed by atoms with Crippen molar-refractivity contribution in [1.29, 1.82) is 0 Å². The number of nitrogens with one attached hydrogen (secondary N) is 1. The number of β-amino-alcohol motifs (C(OH)–C–C–N with tert-alkyl or cyclic N) is 1. The molecule has 5 rings (SSSR count). The lowest BCUT2D eigenvalue weighted by Gasteiger charge is -2.48. The summed E-state index contributed by atoms with van der Waals surface area (Å²) in [7, 11) is 0. The lowest BCUT2D eigenvalue weighted by Crippen LogP contribution is -2.69. The zero-order valence-corrected chi connectivity index (χ0v) is 48.5. The van der Waals surface area contributed by atoms with Crippen LogP contribution in [-0.4, -0.2) is 272 Å². The van der Waals surface area contributed by atoms with Gasteiger partial charge in [-0.1, -0.05) is 98.9 Å². The summed E-state index contributed by atoms with van der Waals surface area (Å²) in [6.45, 7) is 7.01. The molecule has 16 N–H and O–H groups in total. The number of fused-ring (bicyclic) bond motifs is 2. The van der Waals surface area contributed by atoms with Gasteiger partial charge < -0.3 is 110 Å². The SMILES string of the molecule is C[C@@H]1[C@H](O)[C@@H](C)\C=C/C=C\C=C/C=C\C=C/C=C\C=C/[C@H](O[C@@H]2O[C@H](C)[C@@H](O)[C@H](NC[C@@]3(O)OC[C@@H](O)[C@H](O)[C@@H]3O)[C@@H]2O)CC2O[C@](O)(C[C@@H](O)C[C@@H](O)[C@H](O)CC[C@@H](O)C[C@@H](O)CC(=O)O[C@H]1C)C[C@H](O)C2C(=O)N1CCN(CCO)CC1. The Hall–Kier alpha value is -3.72. The molecule has 0 aliphatic carbocycles. The first-order valence-corrected chi connectivity index (χ1v) is 29.2. The summed E-state index contributed by atoms with van der Waals surface area (Å²) >= 11 is 0. The van der Waals surface area contributed by atoms with Gasteiger partial charge in [0.1, 0.15) is 30.5 Å². The van der Waals surface area contributed by atoms with Gasteiger partial charge in [-0.2, -0.15) is 0 Å². The van der Waals surface area contributed by atoms with Crippen LogP contribution in [0.15, 0.2) is 85.1 Å². The number of nitrogens with zero attached hydrogens (tertiary/aromatic N) is 2. The van der Waals surface area contributed by atoms with E-state index in [-0.39, 0.29) is 51.3 Å². The van der Waals surface area contributed by atoms with E-state index in [9.17, 15) is 86.2 Å². The van der Waals surface area contributed by atoms with Gasteiger partial charge in [-0.3, -0.25) is 14.5 Å². The Labute approximate surface area is 491 Å². The third-order valence-electron chi connectivity index (χ3n) is 16.3. The Bertz CT molecular complexity index is 2210. The fourth-order valence-corrected chi connectivity index (χ4v) is 11.0. The predicted molar refractivity (Wildman–Crippen MR) is 302 cm³/mol. The Morgan fingerprint density at radius 3 is 1.88 bits per heavy atom.